The van der Waals surface area contributed by atoms with E-state index in [1.807, 2.05) is 0 Å². The molecule has 0 amide bonds. The lowest BCUT2D eigenvalue weighted by atomic mass is 9.37. The van der Waals surface area contributed by atoms with E-state index in [9.17, 15) is 39.9 Å². The van der Waals surface area contributed by atoms with Crippen LogP contribution in [0.3, 0.4) is 0 Å². The van der Waals surface area contributed by atoms with Crippen LogP contribution < -0.4 is 0 Å². The first-order chi connectivity index (χ1) is 18.5. The van der Waals surface area contributed by atoms with Gasteiger partial charge in [-0.15, -0.1) is 0 Å². The van der Waals surface area contributed by atoms with Gasteiger partial charge in [0.15, 0.2) is 0 Å². The number of aliphatic hydroxyl groups excluding tert-OH is 4. The first-order valence-electron chi connectivity index (χ1n) is 13.4. The van der Waals surface area contributed by atoms with Gasteiger partial charge < -0.3 is 44.5 Å². The molecular weight excluding hydrogens is 528 g/mol. The minimum atomic E-state index is -2.30. The van der Waals surface area contributed by atoms with E-state index in [-0.39, 0.29) is 18.6 Å². The highest BCUT2D eigenvalue weighted by Crippen LogP contribution is 2.72. The molecule has 0 aromatic rings. The van der Waals surface area contributed by atoms with Crippen LogP contribution >= 0.6 is 0 Å². The summed E-state index contributed by atoms with van der Waals surface area (Å²) in [4.78, 5) is 40.0. The van der Waals surface area contributed by atoms with Crippen molar-refractivity contribution in [2.45, 2.75) is 88.9 Å². The smallest absolute Gasteiger partial charge is 0.348 e. The summed E-state index contributed by atoms with van der Waals surface area (Å²) in [6, 6.07) is 0. The zero-order chi connectivity index (χ0) is 29.7. The largest absolute Gasteiger partial charge is 0.467 e. The predicted octanol–water partition coefficient (Wildman–Crippen LogP) is -0.855. The lowest BCUT2D eigenvalue weighted by Gasteiger charge is -2.68. The van der Waals surface area contributed by atoms with Gasteiger partial charge in [0.05, 0.1) is 43.5 Å². The number of fused-ring (bicyclic) bond motifs is 2. The van der Waals surface area contributed by atoms with Crippen molar-refractivity contribution in [1.29, 1.82) is 0 Å². The fraction of sp³-hybridized carbons (Fsp3) is 0.750. The van der Waals surface area contributed by atoms with Gasteiger partial charge in [-0.3, -0.25) is 0 Å². The van der Waals surface area contributed by atoms with E-state index in [1.54, 1.807) is 13.8 Å². The average molecular weight is 567 g/mol. The van der Waals surface area contributed by atoms with Gasteiger partial charge >= 0.3 is 17.9 Å². The Hall–Kier alpha value is -2.35. The molecule has 1 spiro atoms. The Bertz CT molecular complexity index is 1190. The molecule has 12 nitrogen and oxygen atoms in total. The lowest BCUT2D eigenvalue weighted by Crippen LogP contribution is -2.80. The van der Waals surface area contributed by atoms with Crippen molar-refractivity contribution >= 4 is 17.9 Å². The minimum Gasteiger partial charge on any atom is -0.467 e. The molecule has 5 aliphatic rings. The van der Waals surface area contributed by atoms with E-state index in [2.05, 4.69) is 0 Å². The van der Waals surface area contributed by atoms with E-state index in [1.165, 1.54) is 26.8 Å². The number of ether oxygens (including phenoxy) is 4. The van der Waals surface area contributed by atoms with Crippen LogP contribution in [0.2, 0.25) is 0 Å². The van der Waals surface area contributed by atoms with Gasteiger partial charge in [0.25, 0.3) is 0 Å². The molecule has 3 aliphatic carbocycles. The fourth-order valence-electron chi connectivity index (χ4n) is 8.49. The number of esters is 3. The van der Waals surface area contributed by atoms with Gasteiger partial charge in [0.2, 0.25) is 11.7 Å². The standard InChI is InChI=1S/C28H38O12/c1-11-7-14(29)21(32)26(5)13(11)9-15-27-10-38-28(24(35)37-6,22(33)17(31)19(26)27)20(27)18(23(34)39-15)40-16(30)8-12(2)25(3,4)36/h7-8,13-15,17-22,29,31-33,36H,9-10H2,1-6H3/b12-8+/t13-,14-,15+,17+,18+,19+,20+,21+,22-,26-,27+,28-/m0/s1. The summed E-state index contributed by atoms with van der Waals surface area (Å²) in [5, 5.41) is 55.7. The van der Waals surface area contributed by atoms with Gasteiger partial charge in [-0.25, -0.2) is 14.4 Å². The number of carbonyl (C=O) groups is 3. The first-order valence-corrected chi connectivity index (χ1v) is 13.4. The molecule has 5 rings (SSSR count). The Kier molecular flexibility index (Phi) is 6.61. The highest BCUT2D eigenvalue weighted by Gasteiger charge is 2.85. The SMILES string of the molecule is COC(=O)[C@@]12OC[C@]34[C@H]([C@@H](O)[C@@H]1O)[C@@]1(C)[C@H](O)[C@@H](O)C=C(C)[C@@H]1C[C@H]3OC(=O)[C@H](OC(=O)/C=C(\C)C(C)(C)O)[C@@H]24. The molecular formula is C28H38O12. The Labute approximate surface area is 231 Å². The summed E-state index contributed by atoms with van der Waals surface area (Å²) < 4.78 is 22.6. The molecule has 0 aromatic carbocycles. The molecule has 2 saturated carbocycles. The van der Waals surface area contributed by atoms with E-state index in [0.29, 0.717) is 5.57 Å². The molecule has 222 valence electrons. The molecule has 2 heterocycles. The van der Waals surface area contributed by atoms with Gasteiger partial charge in [-0.1, -0.05) is 18.6 Å². The van der Waals surface area contributed by atoms with Crippen LogP contribution in [0.15, 0.2) is 23.3 Å². The van der Waals surface area contributed by atoms with Crippen molar-refractivity contribution < 1.29 is 58.9 Å². The average Bonchev–Trinajstić information content (AvgIpc) is 3.17. The molecule has 2 bridgehead atoms. The number of rotatable bonds is 4. The fourth-order valence-corrected chi connectivity index (χ4v) is 8.49. The van der Waals surface area contributed by atoms with Crippen LogP contribution in [0.1, 0.15) is 41.0 Å². The number of carbonyl (C=O) groups excluding carboxylic acids is 3. The number of aliphatic hydroxyl groups is 5. The molecule has 12 atom stereocenters. The maximum Gasteiger partial charge on any atom is 0.348 e. The minimum absolute atomic E-state index is 0.170. The second-order valence-electron chi connectivity index (χ2n) is 12.7. The zero-order valence-electron chi connectivity index (χ0n) is 23.4. The monoisotopic (exact) mass is 566 g/mol. The summed E-state index contributed by atoms with van der Waals surface area (Å²) in [6.07, 6.45) is -6.28. The quantitative estimate of drug-likeness (QED) is 0.123. The first kappa shape index (κ1) is 29.2. The van der Waals surface area contributed by atoms with Crippen LogP contribution in [0.5, 0.6) is 0 Å². The molecule has 2 aliphatic heterocycles. The van der Waals surface area contributed by atoms with Gasteiger partial charge in [0.1, 0.15) is 12.2 Å². The Balaban J connectivity index is 1.70. The summed E-state index contributed by atoms with van der Waals surface area (Å²) in [6.45, 7) is 7.62. The summed E-state index contributed by atoms with van der Waals surface area (Å²) in [7, 11) is 1.07. The second-order valence-corrected chi connectivity index (χ2v) is 12.7. The van der Waals surface area contributed by atoms with Crippen molar-refractivity contribution in [2.75, 3.05) is 13.7 Å². The van der Waals surface area contributed by atoms with Gasteiger partial charge in [-0.2, -0.15) is 0 Å². The normalized spacial score (nSPS) is 47.9. The van der Waals surface area contributed by atoms with Crippen molar-refractivity contribution in [2.24, 2.45) is 28.6 Å². The molecule has 0 aromatic heterocycles. The van der Waals surface area contributed by atoms with Crippen molar-refractivity contribution in [3.63, 3.8) is 0 Å². The molecule has 2 saturated heterocycles. The van der Waals surface area contributed by atoms with E-state index in [4.69, 9.17) is 18.9 Å². The third-order valence-electron chi connectivity index (χ3n) is 10.5. The Morgan fingerprint density at radius 1 is 1.15 bits per heavy atom. The van der Waals surface area contributed by atoms with Gasteiger partial charge in [-0.05, 0) is 45.6 Å². The molecule has 12 heteroatoms. The molecule has 0 radical (unpaired) electrons. The van der Waals surface area contributed by atoms with Crippen LogP contribution in [0, 0.1) is 28.6 Å². The molecule has 0 unspecified atom stereocenters. The van der Waals surface area contributed by atoms with E-state index < -0.39 is 94.3 Å². The number of hydrogen-bond acceptors (Lipinski definition) is 12. The molecule has 40 heavy (non-hydrogen) atoms. The number of allylic oxidation sites excluding steroid dienone is 1. The maximum atomic E-state index is 13.5. The lowest BCUT2D eigenvalue weighted by molar-refractivity contribution is -0.303. The predicted molar refractivity (Wildman–Crippen MR) is 134 cm³/mol. The third kappa shape index (κ3) is 3.50. The molecule has 4 fully saturated rings. The van der Waals surface area contributed by atoms with Crippen molar-refractivity contribution in [1.82, 2.24) is 0 Å². The van der Waals surface area contributed by atoms with Crippen molar-refractivity contribution in [3.8, 4) is 0 Å². The molecule has 5 N–H and O–H groups in total. The van der Waals surface area contributed by atoms with Crippen LogP contribution in [0.4, 0.5) is 0 Å². The maximum absolute atomic E-state index is 13.5. The van der Waals surface area contributed by atoms with E-state index in [0.717, 1.165) is 13.2 Å². The van der Waals surface area contributed by atoms with Crippen LogP contribution in [0.25, 0.3) is 0 Å². The summed E-state index contributed by atoms with van der Waals surface area (Å²) in [5.74, 6) is -5.93. The van der Waals surface area contributed by atoms with E-state index >= 15 is 0 Å². The highest BCUT2D eigenvalue weighted by molar-refractivity contribution is 5.89. The highest BCUT2D eigenvalue weighted by atomic mass is 16.6. The summed E-state index contributed by atoms with van der Waals surface area (Å²) in [5.41, 5.74) is -5.38. The second kappa shape index (κ2) is 9.07. The number of methoxy groups -OCH3 is 1. The zero-order valence-corrected chi connectivity index (χ0v) is 23.4. The summed E-state index contributed by atoms with van der Waals surface area (Å²) >= 11 is 0. The van der Waals surface area contributed by atoms with Crippen LogP contribution in [-0.2, 0) is 33.3 Å². The Morgan fingerprint density at radius 2 is 1.80 bits per heavy atom. The Morgan fingerprint density at radius 3 is 2.40 bits per heavy atom. The van der Waals surface area contributed by atoms with Gasteiger partial charge in [0, 0.05) is 22.8 Å². The topological polar surface area (TPSA) is 189 Å². The number of hydrogen-bond donors (Lipinski definition) is 5. The third-order valence-corrected chi connectivity index (χ3v) is 10.5. The van der Waals surface area contributed by atoms with Crippen LogP contribution in [-0.4, -0.2) is 105 Å². The van der Waals surface area contributed by atoms with Crippen molar-refractivity contribution in [3.05, 3.63) is 23.3 Å².